The molecule has 0 bridgehead atoms. The molecular formula is C15H15Cl2N3O. The van der Waals surface area contributed by atoms with Gasteiger partial charge in [0.1, 0.15) is 5.82 Å². The van der Waals surface area contributed by atoms with E-state index in [2.05, 4.69) is 5.10 Å². The average molecular weight is 324 g/mol. The number of carbonyl (C=O) groups excluding carboxylic acids is 1. The fourth-order valence-electron chi connectivity index (χ4n) is 2.55. The topological polar surface area (TPSA) is 60.9 Å². The fourth-order valence-corrected chi connectivity index (χ4v) is 2.85. The van der Waals surface area contributed by atoms with Gasteiger partial charge in [0, 0.05) is 11.5 Å². The average Bonchev–Trinajstić information content (AvgIpc) is 2.66. The molecule has 0 saturated heterocycles. The summed E-state index contributed by atoms with van der Waals surface area (Å²) in [5.74, 6) is 0.393. The van der Waals surface area contributed by atoms with Crippen LogP contribution < -0.4 is 5.73 Å². The number of nitrogens with two attached hydrogens (primary N) is 1. The molecule has 0 spiro atoms. The van der Waals surface area contributed by atoms with Gasteiger partial charge < -0.3 is 5.73 Å². The molecule has 2 N–H and O–H groups in total. The van der Waals surface area contributed by atoms with Crippen molar-refractivity contribution in [3.63, 3.8) is 0 Å². The maximum atomic E-state index is 12.3. The van der Waals surface area contributed by atoms with Crippen LogP contribution in [0.5, 0.6) is 0 Å². The van der Waals surface area contributed by atoms with E-state index >= 15 is 0 Å². The molecule has 0 unspecified atom stereocenters. The predicted molar refractivity (Wildman–Crippen MR) is 84.8 cm³/mol. The third-order valence-electron chi connectivity index (χ3n) is 3.97. The number of carbonyl (C=O) groups is 1. The number of anilines is 1. The first-order chi connectivity index (χ1) is 9.99. The SMILES string of the molecule is Cc1nn(C(=O)C2CCC2)c(N)c1-c1ccc(Cl)c(Cl)c1. The second kappa shape index (κ2) is 5.35. The number of aromatic nitrogens is 2. The summed E-state index contributed by atoms with van der Waals surface area (Å²) in [7, 11) is 0. The summed E-state index contributed by atoms with van der Waals surface area (Å²) >= 11 is 12.0. The highest BCUT2D eigenvalue weighted by Gasteiger charge is 2.29. The van der Waals surface area contributed by atoms with Crippen molar-refractivity contribution in [2.24, 2.45) is 5.92 Å². The second-order valence-corrected chi connectivity index (χ2v) is 6.17. The molecule has 6 heteroatoms. The maximum absolute atomic E-state index is 12.3. The Morgan fingerprint density at radius 2 is 2.05 bits per heavy atom. The molecule has 110 valence electrons. The lowest BCUT2D eigenvalue weighted by Crippen LogP contribution is -2.29. The second-order valence-electron chi connectivity index (χ2n) is 5.35. The van der Waals surface area contributed by atoms with Gasteiger partial charge in [-0.05, 0) is 37.5 Å². The van der Waals surface area contributed by atoms with E-state index in [9.17, 15) is 4.79 Å². The van der Waals surface area contributed by atoms with Crippen LogP contribution in [0.25, 0.3) is 11.1 Å². The minimum absolute atomic E-state index is 0.0202. The van der Waals surface area contributed by atoms with Gasteiger partial charge in [0.2, 0.25) is 0 Å². The monoisotopic (exact) mass is 323 g/mol. The Bertz CT molecular complexity index is 720. The van der Waals surface area contributed by atoms with Gasteiger partial charge in [-0.1, -0.05) is 35.7 Å². The number of halogens is 2. The lowest BCUT2D eigenvalue weighted by atomic mass is 9.85. The number of aryl methyl sites for hydroxylation is 1. The quantitative estimate of drug-likeness (QED) is 0.901. The summed E-state index contributed by atoms with van der Waals surface area (Å²) in [6.07, 6.45) is 2.93. The van der Waals surface area contributed by atoms with Crippen LogP contribution >= 0.6 is 23.2 Å². The van der Waals surface area contributed by atoms with Crippen molar-refractivity contribution in [2.45, 2.75) is 26.2 Å². The van der Waals surface area contributed by atoms with Gasteiger partial charge >= 0.3 is 0 Å². The van der Waals surface area contributed by atoms with Gasteiger partial charge in [0.25, 0.3) is 5.91 Å². The van der Waals surface area contributed by atoms with Crippen molar-refractivity contribution < 1.29 is 4.79 Å². The van der Waals surface area contributed by atoms with Crippen molar-refractivity contribution >= 4 is 34.9 Å². The first-order valence-corrected chi connectivity index (χ1v) is 7.59. The summed E-state index contributed by atoms with van der Waals surface area (Å²) in [5, 5.41) is 5.24. The van der Waals surface area contributed by atoms with Crippen molar-refractivity contribution in [1.82, 2.24) is 9.78 Å². The highest BCUT2D eigenvalue weighted by atomic mass is 35.5. The van der Waals surface area contributed by atoms with Crippen molar-refractivity contribution in [3.8, 4) is 11.1 Å². The molecule has 1 aromatic carbocycles. The summed E-state index contributed by atoms with van der Waals surface area (Å²) in [6, 6.07) is 5.28. The van der Waals surface area contributed by atoms with E-state index in [4.69, 9.17) is 28.9 Å². The number of hydrogen-bond donors (Lipinski definition) is 1. The minimum Gasteiger partial charge on any atom is -0.383 e. The van der Waals surface area contributed by atoms with E-state index in [1.54, 1.807) is 12.1 Å². The smallest absolute Gasteiger partial charge is 0.251 e. The standard InChI is InChI=1S/C15H15Cl2N3O/c1-8-13(10-5-6-11(16)12(17)7-10)14(18)20(19-8)15(21)9-3-2-4-9/h5-7,9H,2-4,18H2,1H3. The predicted octanol–water partition coefficient (Wildman–Crippen LogP) is 4.19. The molecule has 1 heterocycles. The van der Waals surface area contributed by atoms with E-state index in [1.807, 2.05) is 13.0 Å². The number of rotatable bonds is 2. The highest BCUT2D eigenvalue weighted by molar-refractivity contribution is 6.42. The molecule has 0 radical (unpaired) electrons. The molecular weight excluding hydrogens is 309 g/mol. The molecule has 1 aliphatic carbocycles. The van der Waals surface area contributed by atoms with Crippen LogP contribution in [0.15, 0.2) is 18.2 Å². The number of nitrogens with zero attached hydrogens (tertiary/aromatic N) is 2. The summed E-state index contributed by atoms with van der Waals surface area (Å²) in [4.78, 5) is 12.3. The first kappa shape index (κ1) is 14.4. The number of nitrogen functional groups attached to an aromatic ring is 1. The normalized spacial score (nSPS) is 15.0. The van der Waals surface area contributed by atoms with E-state index in [-0.39, 0.29) is 11.8 Å². The van der Waals surface area contributed by atoms with Gasteiger partial charge in [-0.2, -0.15) is 9.78 Å². The third kappa shape index (κ3) is 2.43. The van der Waals surface area contributed by atoms with Gasteiger partial charge in [-0.15, -0.1) is 0 Å². The Morgan fingerprint density at radius 3 is 2.62 bits per heavy atom. The Labute approximate surface area is 132 Å². The van der Waals surface area contributed by atoms with Crippen LogP contribution in [0.3, 0.4) is 0 Å². The Morgan fingerprint density at radius 1 is 1.33 bits per heavy atom. The van der Waals surface area contributed by atoms with Crippen molar-refractivity contribution in [3.05, 3.63) is 33.9 Å². The minimum atomic E-state index is -0.0202. The first-order valence-electron chi connectivity index (χ1n) is 6.83. The molecule has 1 aromatic heterocycles. The fraction of sp³-hybridized carbons (Fsp3) is 0.333. The lowest BCUT2D eigenvalue weighted by Gasteiger charge is -2.23. The van der Waals surface area contributed by atoms with E-state index in [0.717, 1.165) is 30.4 Å². The molecule has 0 atom stereocenters. The Kier molecular flexibility index (Phi) is 3.68. The summed E-state index contributed by atoms with van der Waals surface area (Å²) < 4.78 is 1.33. The molecule has 2 aromatic rings. The third-order valence-corrected chi connectivity index (χ3v) is 4.71. The van der Waals surface area contributed by atoms with Crippen molar-refractivity contribution in [1.29, 1.82) is 0 Å². The summed E-state index contributed by atoms with van der Waals surface area (Å²) in [6.45, 7) is 1.83. The Hall–Kier alpha value is -1.52. The molecule has 3 rings (SSSR count). The van der Waals surface area contributed by atoms with E-state index < -0.39 is 0 Å². The zero-order chi connectivity index (χ0) is 15.1. The van der Waals surface area contributed by atoms with Crippen LogP contribution in [-0.4, -0.2) is 15.7 Å². The van der Waals surface area contributed by atoms with Crippen LogP contribution in [0, 0.1) is 12.8 Å². The molecule has 4 nitrogen and oxygen atoms in total. The van der Waals surface area contributed by atoms with Crippen LogP contribution in [0.1, 0.15) is 29.8 Å². The zero-order valence-corrected chi connectivity index (χ0v) is 13.1. The lowest BCUT2D eigenvalue weighted by molar-refractivity contribution is 0.0750. The molecule has 21 heavy (non-hydrogen) atoms. The van der Waals surface area contributed by atoms with Gasteiger partial charge in [-0.25, -0.2) is 0 Å². The number of benzene rings is 1. The van der Waals surface area contributed by atoms with Crippen molar-refractivity contribution in [2.75, 3.05) is 5.73 Å². The van der Waals surface area contributed by atoms with Gasteiger partial charge in [-0.3, -0.25) is 4.79 Å². The molecule has 1 aliphatic rings. The van der Waals surface area contributed by atoms with Crippen LogP contribution in [-0.2, 0) is 0 Å². The number of hydrogen-bond acceptors (Lipinski definition) is 3. The Balaban J connectivity index is 2.04. The molecule has 1 saturated carbocycles. The van der Waals surface area contributed by atoms with E-state index in [0.29, 0.717) is 21.6 Å². The summed E-state index contributed by atoms with van der Waals surface area (Å²) in [5.41, 5.74) is 8.40. The molecule has 0 aliphatic heterocycles. The highest BCUT2D eigenvalue weighted by Crippen LogP contribution is 2.35. The largest absolute Gasteiger partial charge is 0.383 e. The van der Waals surface area contributed by atoms with Crippen LogP contribution in [0.2, 0.25) is 10.0 Å². The molecule has 1 fully saturated rings. The maximum Gasteiger partial charge on any atom is 0.251 e. The van der Waals surface area contributed by atoms with Crippen LogP contribution in [0.4, 0.5) is 5.82 Å². The van der Waals surface area contributed by atoms with Gasteiger partial charge in [0.05, 0.1) is 15.7 Å². The molecule has 0 amide bonds. The van der Waals surface area contributed by atoms with Gasteiger partial charge in [0.15, 0.2) is 0 Å². The van der Waals surface area contributed by atoms with E-state index in [1.165, 1.54) is 4.68 Å². The zero-order valence-electron chi connectivity index (χ0n) is 11.6.